The van der Waals surface area contributed by atoms with Crippen molar-refractivity contribution >= 4 is 11.6 Å². The highest BCUT2D eigenvalue weighted by Gasteiger charge is 2.17. The van der Waals surface area contributed by atoms with Crippen molar-refractivity contribution < 1.29 is 4.79 Å². The van der Waals surface area contributed by atoms with Gasteiger partial charge < -0.3 is 4.90 Å². The SMILES string of the molecule is C#C/C=C\C(C=C1CCN(C(=O)CC)CC1)=NCC. The van der Waals surface area contributed by atoms with Crippen LogP contribution in [0.25, 0.3) is 0 Å². The van der Waals surface area contributed by atoms with E-state index in [-0.39, 0.29) is 5.91 Å². The lowest BCUT2D eigenvalue weighted by Gasteiger charge is -2.28. The van der Waals surface area contributed by atoms with E-state index >= 15 is 0 Å². The van der Waals surface area contributed by atoms with Crippen LogP contribution in [0.2, 0.25) is 0 Å². The van der Waals surface area contributed by atoms with Crippen LogP contribution >= 0.6 is 0 Å². The highest BCUT2D eigenvalue weighted by atomic mass is 16.2. The molecule has 0 radical (unpaired) electrons. The van der Waals surface area contributed by atoms with Gasteiger partial charge in [0.05, 0.1) is 5.71 Å². The molecule has 0 unspecified atom stereocenters. The molecule has 1 saturated heterocycles. The van der Waals surface area contributed by atoms with Gasteiger partial charge in [0, 0.05) is 26.1 Å². The van der Waals surface area contributed by atoms with Crippen LogP contribution in [0.3, 0.4) is 0 Å². The van der Waals surface area contributed by atoms with Crippen LogP contribution in [0.15, 0.2) is 28.8 Å². The molecule has 0 saturated carbocycles. The molecule has 102 valence electrons. The summed E-state index contributed by atoms with van der Waals surface area (Å²) >= 11 is 0. The second-order valence-corrected chi connectivity index (χ2v) is 4.44. The molecular formula is C16H22N2O. The molecule has 0 aliphatic carbocycles. The minimum absolute atomic E-state index is 0.244. The lowest BCUT2D eigenvalue weighted by molar-refractivity contribution is -0.131. The van der Waals surface area contributed by atoms with Gasteiger partial charge in [0.15, 0.2) is 0 Å². The Balaban J connectivity index is 2.65. The molecule has 1 fully saturated rings. The number of allylic oxidation sites excluding steroid dienone is 3. The van der Waals surface area contributed by atoms with Crippen LogP contribution in [-0.2, 0) is 4.79 Å². The lowest BCUT2D eigenvalue weighted by Crippen LogP contribution is -2.35. The summed E-state index contributed by atoms with van der Waals surface area (Å²) in [7, 11) is 0. The van der Waals surface area contributed by atoms with Gasteiger partial charge in [0.25, 0.3) is 0 Å². The summed E-state index contributed by atoms with van der Waals surface area (Å²) in [4.78, 5) is 17.9. The third-order valence-corrected chi connectivity index (χ3v) is 3.10. The number of carbonyl (C=O) groups is 1. The monoisotopic (exact) mass is 258 g/mol. The fraction of sp³-hybridized carbons (Fsp3) is 0.500. The zero-order valence-corrected chi connectivity index (χ0v) is 11.9. The van der Waals surface area contributed by atoms with Crippen molar-refractivity contribution in [2.75, 3.05) is 19.6 Å². The van der Waals surface area contributed by atoms with Crippen LogP contribution in [0.4, 0.5) is 0 Å². The fourth-order valence-corrected chi connectivity index (χ4v) is 2.08. The Morgan fingerprint density at radius 3 is 2.63 bits per heavy atom. The van der Waals surface area contributed by atoms with Crippen molar-refractivity contribution in [1.82, 2.24) is 4.90 Å². The normalized spacial score (nSPS) is 16.6. The van der Waals surface area contributed by atoms with Crippen molar-refractivity contribution in [2.24, 2.45) is 4.99 Å². The predicted octanol–water partition coefficient (Wildman–Crippen LogP) is 2.60. The Bertz CT molecular complexity index is 428. The first kappa shape index (κ1) is 15.2. The van der Waals surface area contributed by atoms with E-state index in [2.05, 4.69) is 17.0 Å². The second kappa shape index (κ2) is 8.31. The van der Waals surface area contributed by atoms with Crippen molar-refractivity contribution in [3.05, 3.63) is 23.8 Å². The molecular weight excluding hydrogens is 236 g/mol. The van der Waals surface area contributed by atoms with Gasteiger partial charge in [-0.05, 0) is 38.0 Å². The zero-order valence-electron chi connectivity index (χ0n) is 11.9. The Hall–Kier alpha value is -1.82. The van der Waals surface area contributed by atoms with E-state index in [0.717, 1.165) is 38.2 Å². The van der Waals surface area contributed by atoms with Gasteiger partial charge in [-0.25, -0.2) is 0 Å². The molecule has 3 heteroatoms. The summed E-state index contributed by atoms with van der Waals surface area (Å²) in [5.74, 6) is 2.72. The predicted molar refractivity (Wildman–Crippen MR) is 80.1 cm³/mol. The summed E-state index contributed by atoms with van der Waals surface area (Å²) in [6.07, 6.45) is 13.3. The number of amides is 1. The zero-order chi connectivity index (χ0) is 14.1. The number of terminal acetylenes is 1. The number of carbonyl (C=O) groups excluding carboxylic acids is 1. The number of hydrogen-bond donors (Lipinski definition) is 0. The number of likely N-dealkylation sites (tertiary alicyclic amines) is 1. The number of nitrogens with zero attached hydrogens (tertiary/aromatic N) is 2. The summed E-state index contributed by atoms with van der Waals surface area (Å²) < 4.78 is 0. The Kier molecular flexibility index (Phi) is 6.67. The quantitative estimate of drug-likeness (QED) is 0.563. The standard InChI is InChI=1S/C16H22N2O/c1-4-7-8-15(17-6-3)13-14-9-11-18(12-10-14)16(19)5-2/h1,7-8,13H,5-6,9-12H2,2-3H3/b8-7-,17-15?. The molecule has 1 aliphatic heterocycles. The van der Waals surface area contributed by atoms with Gasteiger partial charge in [0.2, 0.25) is 5.91 Å². The highest BCUT2D eigenvalue weighted by Crippen LogP contribution is 2.17. The van der Waals surface area contributed by atoms with E-state index in [1.54, 1.807) is 6.08 Å². The molecule has 0 aromatic heterocycles. The molecule has 0 bridgehead atoms. The molecule has 0 aromatic carbocycles. The molecule has 1 amide bonds. The van der Waals surface area contributed by atoms with Crippen LogP contribution in [-0.4, -0.2) is 36.2 Å². The van der Waals surface area contributed by atoms with Crippen LogP contribution in [0.5, 0.6) is 0 Å². The Labute approximate surface area is 116 Å². The van der Waals surface area contributed by atoms with Crippen molar-refractivity contribution in [3.63, 3.8) is 0 Å². The van der Waals surface area contributed by atoms with Gasteiger partial charge in [-0.15, -0.1) is 6.42 Å². The molecule has 1 aliphatic rings. The van der Waals surface area contributed by atoms with Crippen LogP contribution in [0, 0.1) is 12.3 Å². The molecule has 0 aromatic rings. The molecule has 3 nitrogen and oxygen atoms in total. The van der Waals surface area contributed by atoms with Crippen molar-refractivity contribution in [2.45, 2.75) is 33.1 Å². The van der Waals surface area contributed by atoms with Gasteiger partial charge in [-0.1, -0.05) is 18.4 Å². The number of aliphatic imine (C=N–C) groups is 1. The van der Waals surface area contributed by atoms with Crippen LogP contribution in [0.1, 0.15) is 33.1 Å². The van der Waals surface area contributed by atoms with E-state index in [4.69, 9.17) is 6.42 Å². The fourth-order valence-electron chi connectivity index (χ4n) is 2.08. The third-order valence-electron chi connectivity index (χ3n) is 3.10. The van der Waals surface area contributed by atoms with Gasteiger partial charge >= 0.3 is 0 Å². The van der Waals surface area contributed by atoms with Crippen molar-refractivity contribution in [3.8, 4) is 12.3 Å². The van der Waals surface area contributed by atoms with E-state index in [0.29, 0.717) is 6.42 Å². The van der Waals surface area contributed by atoms with Crippen molar-refractivity contribution in [1.29, 1.82) is 0 Å². The van der Waals surface area contributed by atoms with E-state index in [1.807, 2.05) is 24.8 Å². The minimum atomic E-state index is 0.244. The molecule has 0 spiro atoms. The first-order chi connectivity index (χ1) is 9.21. The maximum Gasteiger partial charge on any atom is 0.222 e. The Morgan fingerprint density at radius 2 is 2.11 bits per heavy atom. The first-order valence-corrected chi connectivity index (χ1v) is 6.85. The van der Waals surface area contributed by atoms with E-state index < -0.39 is 0 Å². The molecule has 1 heterocycles. The summed E-state index contributed by atoms with van der Waals surface area (Å²) in [5, 5.41) is 0. The molecule has 19 heavy (non-hydrogen) atoms. The number of hydrogen-bond acceptors (Lipinski definition) is 2. The number of rotatable bonds is 4. The topological polar surface area (TPSA) is 32.7 Å². The minimum Gasteiger partial charge on any atom is -0.342 e. The average molecular weight is 258 g/mol. The first-order valence-electron chi connectivity index (χ1n) is 6.85. The second-order valence-electron chi connectivity index (χ2n) is 4.44. The van der Waals surface area contributed by atoms with Gasteiger partial charge in [0.1, 0.15) is 0 Å². The van der Waals surface area contributed by atoms with Gasteiger partial charge in [-0.2, -0.15) is 0 Å². The summed E-state index contributed by atoms with van der Waals surface area (Å²) in [6, 6.07) is 0. The smallest absolute Gasteiger partial charge is 0.222 e. The molecule has 0 N–H and O–H groups in total. The average Bonchev–Trinajstić information content (AvgIpc) is 2.45. The molecule has 0 atom stereocenters. The van der Waals surface area contributed by atoms with Crippen LogP contribution < -0.4 is 0 Å². The van der Waals surface area contributed by atoms with Gasteiger partial charge in [-0.3, -0.25) is 9.79 Å². The van der Waals surface area contributed by atoms with E-state index in [1.165, 1.54) is 5.57 Å². The lowest BCUT2D eigenvalue weighted by atomic mass is 10.0. The Morgan fingerprint density at radius 1 is 1.42 bits per heavy atom. The maximum absolute atomic E-state index is 11.6. The third kappa shape index (κ3) is 5.13. The molecule has 1 rings (SSSR count). The largest absolute Gasteiger partial charge is 0.342 e. The highest BCUT2D eigenvalue weighted by molar-refractivity contribution is 6.04. The summed E-state index contributed by atoms with van der Waals surface area (Å²) in [5.41, 5.74) is 2.26. The maximum atomic E-state index is 11.6. The van der Waals surface area contributed by atoms with E-state index in [9.17, 15) is 4.79 Å². The number of piperidine rings is 1. The summed E-state index contributed by atoms with van der Waals surface area (Å²) in [6.45, 7) is 6.29.